The lowest BCUT2D eigenvalue weighted by Crippen LogP contribution is -2.01. The Hall–Kier alpha value is -2.75. The van der Waals surface area contributed by atoms with Crippen molar-refractivity contribution < 1.29 is 14.6 Å². The van der Waals surface area contributed by atoms with Crippen molar-refractivity contribution in [3.8, 4) is 22.8 Å². The summed E-state index contributed by atoms with van der Waals surface area (Å²) in [6.45, 7) is 1.36. The van der Waals surface area contributed by atoms with Crippen LogP contribution < -0.4 is 4.74 Å². The number of hydrogen-bond acceptors (Lipinski definition) is 3. The first-order valence-electron chi connectivity index (χ1n) is 6.23. The molecule has 0 radical (unpaired) electrons. The van der Waals surface area contributed by atoms with E-state index >= 15 is 0 Å². The molecule has 0 bridgehead atoms. The SMILES string of the molecule is CC(=O)Oc1c(-c2ccccc2)[nH]c2ccc(O)cc12. The summed E-state index contributed by atoms with van der Waals surface area (Å²) >= 11 is 0. The molecule has 0 saturated heterocycles. The van der Waals surface area contributed by atoms with Gasteiger partial charge in [-0.2, -0.15) is 0 Å². The van der Waals surface area contributed by atoms with Crippen molar-refractivity contribution in [2.75, 3.05) is 0 Å². The van der Waals surface area contributed by atoms with E-state index in [2.05, 4.69) is 4.98 Å². The number of rotatable bonds is 2. The lowest BCUT2D eigenvalue weighted by Gasteiger charge is -2.04. The maximum atomic E-state index is 11.3. The second kappa shape index (κ2) is 4.74. The van der Waals surface area contributed by atoms with Crippen LogP contribution in [0.25, 0.3) is 22.2 Å². The van der Waals surface area contributed by atoms with Gasteiger partial charge in [0.25, 0.3) is 0 Å². The van der Waals surface area contributed by atoms with E-state index < -0.39 is 5.97 Å². The van der Waals surface area contributed by atoms with Crippen LogP contribution in [-0.2, 0) is 4.79 Å². The summed E-state index contributed by atoms with van der Waals surface area (Å²) in [6.07, 6.45) is 0. The number of esters is 1. The lowest BCUT2D eigenvalue weighted by atomic mass is 10.1. The van der Waals surface area contributed by atoms with Gasteiger partial charge in [0.05, 0.1) is 5.69 Å². The predicted octanol–water partition coefficient (Wildman–Crippen LogP) is 3.47. The highest BCUT2D eigenvalue weighted by Gasteiger charge is 2.16. The Morgan fingerprint density at radius 1 is 1.15 bits per heavy atom. The molecular weight excluding hydrogens is 254 g/mol. The molecular formula is C16H13NO3. The van der Waals surface area contributed by atoms with Gasteiger partial charge in [0, 0.05) is 23.4 Å². The Balaban J connectivity index is 2.28. The molecule has 3 rings (SSSR count). The first-order chi connectivity index (χ1) is 9.65. The molecule has 4 heteroatoms. The van der Waals surface area contributed by atoms with Gasteiger partial charge in [-0.1, -0.05) is 30.3 Å². The fraction of sp³-hybridized carbons (Fsp3) is 0.0625. The first-order valence-corrected chi connectivity index (χ1v) is 6.23. The number of phenolic OH excluding ortho intramolecular Hbond substituents is 1. The number of carbonyl (C=O) groups excluding carboxylic acids is 1. The number of hydrogen-bond donors (Lipinski definition) is 2. The molecule has 0 spiro atoms. The van der Waals surface area contributed by atoms with Crippen LogP contribution in [0.1, 0.15) is 6.92 Å². The van der Waals surface area contributed by atoms with Crippen molar-refractivity contribution in [2.45, 2.75) is 6.92 Å². The monoisotopic (exact) mass is 267 g/mol. The van der Waals surface area contributed by atoms with Crippen LogP contribution in [0.5, 0.6) is 11.5 Å². The average Bonchev–Trinajstić information content (AvgIpc) is 2.77. The zero-order valence-corrected chi connectivity index (χ0v) is 10.9. The lowest BCUT2D eigenvalue weighted by molar-refractivity contribution is -0.131. The predicted molar refractivity (Wildman–Crippen MR) is 76.7 cm³/mol. The topological polar surface area (TPSA) is 62.3 Å². The molecule has 0 amide bonds. The van der Waals surface area contributed by atoms with Crippen LogP contribution >= 0.6 is 0 Å². The van der Waals surface area contributed by atoms with Crippen molar-refractivity contribution in [2.24, 2.45) is 0 Å². The quantitative estimate of drug-likeness (QED) is 0.699. The standard InChI is InChI=1S/C16H13NO3/c1-10(18)20-16-13-9-12(19)7-8-14(13)17-15(16)11-5-3-2-4-6-11/h2-9,17,19H,1H3. The fourth-order valence-corrected chi connectivity index (χ4v) is 2.21. The van der Waals surface area contributed by atoms with Crippen LogP contribution in [0.2, 0.25) is 0 Å². The van der Waals surface area contributed by atoms with E-state index in [9.17, 15) is 9.90 Å². The number of fused-ring (bicyclic) bond motifs is 1. The van der Waals surface area contributed by atoms with Gasteiger partial charge in [-0.25, -0.2) is 0 Å². The molecule has 0 atom stereocenters. The number of nitrogens with one attached hydrogen (secondary N) is 1. The molecule has 100 valence electrons. The Morgan fingerprint density at radius 2 is 1.90 bits per heavy atom. The van der Waals surface area contributed by atoms with Crippen molar-refractivity contribution in [3.63, 3.8) is 0 Å². The highest BCUT2D eigenvalue weighted by Crippen LogP contribution is 2.38. The summed E-state index contributed by atoms with van der Waals surface area (Å²) in [4.78, 5) is 14.5. The minimum absolute atomic E-state index is 0.129. The van der Waals surface area contributed by atoms with E-state index in [-0.39, 0.29) is 5.75 Å². The third-order valence-corrected chi connectivity index (χ3v) is 3.04. The molecule has 0 aliphatic carbocycles. The summed E-state index contributed by atoms with van der Waals surface area (Å²) in [6, 6.07) is 14.5. The number of H-pyrrole nitrogens is 1. The van der Waals surface area contributed by atoms with E-state index in [0.29, 0.717) is 11.1 Å². The molecule has 0 aliphatic rings. The van der Waals surface area contributed by atoms with E-state index in [1.54, 1.807) is 18.2 Å². The number of carbonyl (C=O) groups is 1. The molecule has 1 aromatic heterocycles. The molecule has 3 aromatic rings. The van der Waals surface area contributed by atoms with Gasteiger partial charge in [0.15, 0.2) is 5.75 Å². The fourth-order valence-electron chi connectivity index (χ4n) is 2.21. The molecule has 0 fully saturated rings. The summed E-state index contributed by atoms with van der Waals surface area (Å²) in [5.74, 6) is 0.172. The van der Waals surface area contributed by atoms with Crippen LogP contribution in [0.3, 0.4) is 0 Å². The maximum Gasteiger partial charge on any atom is 0.308 e. The Bertz CT molecular complexity index is 775. The average molecular weight is 267 g/mol. The molecule has 0 aliphatic heterocycles. The van der Waals surface area contributed by atoms with E-state index in [1.807, 2.05) is 30.3 Å². The summed E-state index contributed by atoms with van der Waals surface area (Å²) in [5, 5.41) is 10.3. The van der Waals surface area contributed by atoms with Crippen LogP contribution in [0.15, 0.2) is 48.5 Å². The van der Waals surface area contributed by atoms with Crippen molar-refractivity contribution in [3.05, 3.63) is 48.5 Å². The van der Waals surface area contributed by atoms with Gasteiger partial charge in [-0.3, -0.25) is 4.79 Å². The summed E-state index contributed by atoms with van der Waals surface area (Å²) in [7, 11) is 0. The largest absolute Gasteiger partial charge is 0.508 e. The van der Waals surface area contributed by atoms with Gasteiger partial charge >= 0.3 is 5.97 Å². The van der Waals surface area contributed by atoms with Crippen LogP contribution in [0.4, 0.5) is 0 Å². The number of aromatic nitrogens is 1. The van der Waals surface area contributed by atoms with Crippen molar-refractivity contribution in [1.29, 1.82) is 0 Å². The van der Waals surface area contributed by atoms with Gasteiger partial charge in [-0.15, -0.1) is 0 Å². The molecule has 20 heavy (non-hydrogen) atoms. The number of ether oxygens (including phenoxy) is 1. The molecule has 2 aromatic carbocycles. The Labute approximate surface area is 115 Å². The third-order valence-electron chi connectivity index (χ3n) is 3.04. The number of aromatic amines is 1. The summed E-state index contributed by atoms with van der Waals surface area (Å²) < 4.78 is 5.33. The molecule has 1 heterocycles. The van der Waals surface area contributed by atoms with E-state index in [4.69, 9.17) is 4.74 Å². The molecule has 4 nitrogen and oxygen atoms in total. The van der Waals surface area contributed by atoms with Crippen molar-refractivity contribution in [1.82, 2.24) is 4.98 Å². The Morgan fingerprint density at radius 3 is 2.60 bits per heavy atom. The number of phenols is 1. The number of benzene rings is 2. The van der Waals surface area contributed by atoms with Crippen LogP contribution in [-0.4, -0.2) is 16.1 Å². The second-order valence-corrected chi connectivity index (χ2v) is 4.52. The highest BCUT2D eigenvalue weighted by atomic mass is 16.5. The second-order valence-electron chi connectivity index (χ2n) is 4.52. The van der Waals surface area contributed by atoms with Gasteiger partial charge < -0.3 is 14.8 Å². The van der Waals surface area contributed by atoms with Gasteiger partial charge in [0.2, 0.25) is 0 Å². The highest BCUT2D eigenvalue weighted by molar-refractivity contribution is 5.96. The zero-order chi connectivity index (χ0) is 14.1. The van der Waals surface area contributed by atoms with Crippen LogP contribution in [0, 0.1) is 0 Å². The first kappa shape index (κ1) is 12.3. The van der Waals surface area contributed by atoms with E-state index in [1.165, 1.54) is 6.92 Å². The maximum absolute atomic E-state index is 11.3. The molecule has 0 saturated carbocycles. The van der Waals surface area contributed by atoms with E-state index in [0.717, 1.165) is 16.8 Å². The number of aromatic hydroxyl groups is 1. The third kappa shape index (κ3) is 2.12. The normalized spacial score (nSPS) is 10.7. The minimum Gasteiger partial charge on any atom is -0.508 e. The van der Waals surface area contributed by atoms with Gasteiger partial charge in [-0.05, 0) is 18.2 Å². The molecule has 2 N–H and O–H groups in total. The smallest absolute Gasteiger partial charge is 0.308 e. The summed E-state index contributed by atoms with van der Waals surface area (Å²) in [5.41, 5.74) is 2.44. The minimum atomic E-state index is -0.397. The zero-order valence-electron chi connectivity index (χ0n) is 10.9. The van der Waals surface area contributed by atoms with Gasteiger partial charge in [0.1, 0.15) is 5.75 Å². The Kier molecular flexibility index (Phi) is 2.91. The van der Waals surface area contributed by atoms with Crippen molar-refractivity contribution >= 4 is 16.9 Å². The molecule has 0 unspecified atom stereocenters.